The van der Waals surface area contributed by atoms with E-state index in [0.29, 0.717) is 28.6 Å². The van der Waals surface area contributed by atoms with Gasteiger partial charge in [-0.3, -0.25) is 0 Å². The van der Waals surface area contributed by atoms with Crippen LogP contribution >= 0.6 is 23.2 Å². The molecule has 1 fully saturated rings. The van der Waals surface area contributed by atoms with Crippen LogP contribution in [-0.4, -0.2) is 17.3 Å². The molecule has 2 aromatic rings. The molecule has 20 heavy (non-hydrogen) atoms. The van der Waals surface area contributed by atoms with E-state index in [4.69, 9.17) is 27.9 Å². The summed E-state index contributed by atoms with van der Waals surface area (Å²) >= 11 is 12.2. The zero-order chi connectivity index (χ0) is 14.9. The van der Waals surface area contributed by atoms with Crippen molar-refractivity contribution < 1.29 is 9.13 Å². The fraction of sp³-hybridized carbons (Fsp3) is 0.467. The van der Waals surface area contributed by atoms with E-state index in [-0.39, 0.29) is 6.10 Å². The zero-order valence-corrected chi connectivity index (χ0v) is 13.3. The molecule has 5 heteroatoms. The smallest absolute Gasteiger partial charge is 0.130 e. The number of aromatic nitrogens is 1. The lowest BCUT2D eigenvalue weighted by molar-refractivity contribution is 0.0421. The first-order valence-electron chi connectivity index (χ1n) is 6.82. The largest absolute Gasteiger partial charge is 0.489 e. The molecule has 2 nitrogen and oxygen atoms in total. The fourth-order valence-corrected chi connectivity index (χ4v) is 2.65. The molecule has 1 saturated carbocycles. The van der Waals surface area contributed by atoms with Gasteiger partial charge in [0.25, 0.3) is 0 Å². The van der Waals surface area contributed by atoms with Gasteiger partial charge in [0.15, 0.2) is 0 Å². The average Bonchev–Trinajstić information content (AvgIpc) is 2.79. The number of fused-ring (bicyclic) bond motifs is 1. The minimum atomic E-state index is -0.736. The number of alkyl halides is 1. The van der Waals surface area contributed by atoms with Gasteiger partial charge in [0.1, 0.15) is 18.0 Å². The van der Waals surface area contributed by atoms with E-state index in [1.807, 2.05) is 27.0 Å². The highest BCUT2D eigenvalue weighted by atomic mass is 35.5. The molecular weight excluding hydrogens is 300 g/mol. The summed E-state index contributed by atoms with van der Waals surface area (Å²) in [6.45, 7) is 5.97. The lowest BCUT2D eigenvalue weighted by atomic mass is 9.93. The van der Waals surface area contributed by atoms with Crippen LogP contribution in [0.15, 0.2) is 12.3 Å². The molecule has 0 aliphatic heterocycles. The van der Waals surface area contributed by atoms with Crippen molar-refractivity contribution in [3.05, 3.63) is 27.9 Å². The van der Waals surface area contributed by atoms with Crippen molar-refractivity contribution in [3.63, 3.8) is 0 Å². The molecular formula is C15H18Cl2FNO. The van der Waals surface area contributed by atoms with Crippen LogP contribution in [0.5, 0.6) is 5.75 Å². The molecule has 1 aromatic heterocycles. The highest BCUT2D eigenvalue weighted by Gasteiger charge is 2.31. The topological polar surface area (TPSA) is 25.0 Å². The van der Waals surface area contributed by atoms with Crippen LogP contribution in [0.25, 0.3) is 10.9 Å². The van der Waals surface area contributed by atoms with Crippen LogP contribution in [0.2, 0.25) is 10.0 Å². The predicted molar refractivity (Wildman–Crippen MR) is 82.9 cm³/mol. The van der Waals surface area contributed by atoms with E-state index >= 15 is 0 Å². The molecule has 1 heterocycles. The lowest BCUT2D eigenvalue weighted by Crippen LogP contribution is -2.34. The Labute approximate surface area is 128 Å². The third-order valence-electron chi connectivity index (χ3n) is 3.34. The highest BCUT2D eigenvalue weighted by Crippen LogP contribution is 2.40. The second kappa shape index (κ2) is 6.23. The first-order valence-corrected chi connectivity index (χ1v) is 7.58. The maximum Gasteiger partial charge on any atom is 0.130 e. The Morgan fingerprint density at radius 3 is 2.55 bits per heavy atom. The molecule has 0 amide bonds. The maximum atomic E-state index is 12.8. The number of rotatable bonds is 2. The Balaban J connectivity index is 0.000000704. The molecule has 0 spiro atoms. The summed E-state index contributed by atoms with van der Waals surface area (Å²) in [5.41, 5.74) is 1.81. The van der Waals surface area contributed by atoms with Gasteiger partial charge in [-0.2, -0.15) is 0 Å². The van der Waals surface area contributed by atoms with E-state index in [1.54, 1.807) is 6.07 Å². The van der Waals surface area contributed by atoms with Gasteiger partial charge in [-0.1, -0.05) is 37.0 Å². The molecule has 1 aliphatic carbocycles. The Morgan fingerprint density at radius 2 is 1.95 bits per heavy atom. The molecule has 0 saturated heterocycles. The zero-order valence-electron chi connectivity index (χ0n) is 11.8. The standard InChI is InChI=1S/C13H12Cl2FNO.C2H6/c1-6-5-17-13-11(6)10(4-9(14)12(13)15)18-8-2-7(16)3-8;1-2/h4-5,7-8,17H,2-3H2,1H3;1-2H3. The van der Waals surface area contributed by atoms with Crippen molar-refractivity contribution in [1.29, 1.82) is 0 Å². The van der Waals surface area contributed by atoms with Crippen LogP contribution in [0.1, 0.15) is 32.3 Å². The van der Waals surface area contributed by atoms with Crippen molar-refractivity contribution in [2.75, 3.05) is 0 Å². The van der Waals surface area contributed by atoms with Crippen molar-refractivity contribution in [2.24, 2.45) is 0 Å². The summed E-state index contributed by atoms with van der Waals surface area (Å²) in [6, 6.07) is 1.71. The molecule has 3 rings (SSSR count). The van der Waals surface area contributed by atoms with Gasteiger partial charge >= 0.3 is 0 Å². The molecule has 110 valence electrons. The summed E-state index contributed by atoms with van der Waals surface area (Å²) in [4.78, 5) is 3.08. The third kappa shape index (κ3) is 2.75. The van der Waals surface area contributed by atoms with Gasteiger partial charge in [-0.15, -0.1) is 0 Å². The summed E-state index contributed by atoms with van der Waals surface area (Å²) in [5.74, 6) is 0.676. The van der Waals surface area contributed by atoms with E-state index in [0.717, 1.165) is 16.5 Å². The highest BCUT2D eigenvalue weighted by molar-refractivity contribution is 6.45. The number of aryl methyl sites for hydroxylation is 1. The van der Waals surface area contributed by atoms with Gasteiger partial charge in [-0.05, 0) is 12.5 Å². The van der Waals surface area contributed by atoms with Crippen LogP contribution in [-0.2, 0) is 0 Å². The molecule has 0 bridgehead atoms. The van der Waals surface area contributed by atoms with E-state index in [2.05, 4.69) is 4.98 Å². The van der Waals surface area contributed by atoms with Crippen molar-refractivity contribution >= 4 is 34.1 Å². The molecule has 1 aromatic carbocycles. The van der Waals surface area contributed by atoms with Gasteiger partial charge in [-0.25, -0.2) is 4.39 Å². The Morgan fingerprint density at radius 1 is 1.30 bits per heavy atom. The van der Waals surface area contributed by atoms with Gasteiger partial charge in [0, 0.05) is 30.5 Å². The molecule has 0 atom stereocenters. The van der Waals surface area contributed by atoms with Gasteiger partial charge in [0.05, 0.1) is 15.6 Å². The van der Waals surface area contributed by atoms with E-state index < -0.39 is 6.17 Å². The quantitative estimate of drug-likeness (QED) is 0.756. The first kappa shape index (κ1) is 15.5. The minimum absolute atomic E-state index is 0.0604. The van der Waals surface area contributed by atoms with Crippen molar-refractivity contribution in [1.82, 2.24) is 4.98 Å². The number of hydrogen-bond donors (Lipinski definition) is 1. The van der Waals surface area contributed by atoms with Crippen molar-refractivity contribution in [2.45, 2.75) is 45.9 Å². The summed E-state index contributed by atoms with van der Waals surface area (Å²) in [6.07, 6.45) is 1.96. The summed E-state index contributed by atoms with van der Waals surface area (Å²) in [5, 5.41) is 1.85. The maximum absolute atomic E-state index is 12.8. The third-order valence-corrected chi connectivity index (χ3v) is 4.13. The van der Waals surface area contributed by atoms with E-state index in [9.17, 15) is 4.39 Å². The number of aromatic amines is 1. The Bertz CT molecular complexity index is 605. The number of H-pyrrole nitrogens is 1. The monoisotopic (exact) mass is 317 g/mol. The summed E-state index contributed by atoms with van der Waals surface area (Å²) < 4.78 is 18.6. The lowest BCUT2D eigenvalue weighted by Gasteiger charge is -2.30. The van der Waals surface area contributed by atoms with Gasteiger partial charge < -0.3 is 9.72 Å². The molecule has 0 radical (unpaired) electrons. The number of benzene rings is 1. The van der Waals surface area contributed by atoms with Crippen LogP contribution in [0, 0.1) is 6.92 Å². The van der Waals surface area contributed by atoms with Gasteiger partial charge in [0.2, 0.25) is 0 Å². The number of hydrogen-bond acceptors (Lipinski definition) is 1. The predicted octanol–water partition coefficient (Wildman–Crippen LogP) is 5.69. The fourth-order valence-electron chi connectivity index (χ4n) is 2.25. The first-order chi connectivity index (χ1) is 9.56. The number of halogens is 3. The minimum Gasteiger partial charge on any atom is -0.489 e. The normalized spacial score (nSPS) is 21.1. The number of nitrogens with one attached hydrogen (secondary N) is 1. The second-order valence-corrected chi connectivity index (χ2v) is 5.49. The molecule has 1 aliphatic rings. The Kier molecular flexibility index (Phi) is 4.82. The second-order valence-electron chi connectivity index (χ2n) is 4.70. The van der Waals surface area contributed by atoms with Crippen LogP contribution in [0.4, 0.5) is 4.39 Å². The van der Waals surface area contributed by atoms with E-state index in [1.165, 1.54) is 0 Å². The summed E-state index contributed by atoms with van der Waals surface area (Å²) in [7, 11) is 0. The Hall–Kier alpha value is -0.930. The van der Waals surface area contributed by atoms with Crippen molar-refractivity contribution in [3.8, 4) is 5.75 Å². The van der Waals surface area contributed by atoms with Crippen LogP contribution in [0.3, 0.4) is 0 Å². The number of ether oxygens (including phenoxy) is 1. The molecule has 0 unspecified atom stereocenters. The SMILES string of the molecule is CC.Cc1c[nH]c2c(Cl)c(Cl)cc(OC3CC(F)C3)c12. The van der Waals surface area contributed by atoms with Crippen LogP contribution < -0.4 is 4.74 Å². The average molecular weight is 318 g/mol. The molecule has 1 N–H and O–H groups in total.